The second-order valence-electron chi connectivity index (χ2n) is 5.00. The van der Waals surface area contributed by atoms with E-state index in [-0.39, 0.29) is 0 Å². The molecule has 0 amide bonds. The number of anilines is 2. The summed E-state index contributed by atoms with van der Waals surface area (Å²) in [5.41, 5.74) is 2.29. The number of thiophene rings is 1. The fraction of sp³-hybridized carbons (Fsp3) is 0.0588. The van der Waals surface area contributed by atoms with Gasteiger partial charge in [0.2, 0.25) is 0 Å². The van der Waals surface area contributed by atoms with E-state index in [0.717, 1.165) is 27.2 Å². The van der Waals surface area contributed by atoms with Crippen LogP contribution in [0.25, 0.3) is 21.3 Å². The van der Waals surface area contributed by atoms with Crippen molar-refractivity contribution >= 4 is 45.0 Å². The molecule has 24 heavy (non-hydrogen) atoms. The molecule has 0 aliphatic carbocycles. The molecule has 0 saturated heterocycles. The predicted octanol–water partition coefficient (Wildman–Crippen LogP) is 4.61. The van der Waals surface area contributed by atoms with E-state index in [0.29, 0.717) is 5.82 Å². The number of hydrogen-bond acceptors (Lipinski definition) is 7. The van der Waals surface area contributed by atoms with Gasteiger partial charge in [-0.05, 0) is 30.0 Å². The smallest absolute Gasteiger partial charge is 0.144 e. The Bertz CT molecular complexity index is 985. The van der Waals surface area contributed by atoms with Gasteiger partial charge in [0.1, 0.15) is 29.1 Å². The van der Waals surface area contributed by atoms with Crippen molar-refractivity contribution in [3.63, 3.8) is 0 Å². The first-order chi connectivity index (χ1) is 11.8. The molecule has 7 heteroatoms. The highest BCUT2D eigenvalue weighted by atomic mass is 32.2. The van der Waals surface area contributed by atoms with Gasteiger partial charge in [0.15, 0.2) is 0 Å². The zero-order valence-corrected chi connectivity index (χ0v) is 14.4. The number of rotatable bonds is 4. The lowest BCUT2D eigenvalue weighted by Crippen LogP contribution is -1.97. The lowest BCUT2D eigenvalue weighted by Gasteiger charge is -2.08. The standard InChI is InChI=1S/C17H13N5S2/c1-23-12-4-2-3-11(7-12)13-8-24-17-15(13)16(20-10-21-17)22-14-5-6-18-9-19-14/h2-10H,1H3,(H,18,19,20,21,22). The van der Waals surface area contributed by atoms with Gasteiger partial charge in [-0.25, -0.2) is 19.9 Å². The average Bonchev–Trinajstić information content (AvgIpc) is 3.08. The monoisotopic (exact) mass is 351 g/mol. The molecule has 0 radical (unpaired) electrons. The van der Waals surface area contributed by atoms with E-state index < -0.39 is 0 Å². The lowest BCUT2D eigenvalue weighted by atomic mass is 10.1. The molecular weight excluding hydrogens is 338 g/mol. The summed E-state index contributed by atoms with van der Waals surface area (Å²) in [5.74, 6) is 1.46. The minimum Gasteiger partial charge on any atom is -0.324 e. The lowest BCUT2D eigenvalue weighted by molar-refractivity contribution is 1.15. The van der Waals surface area contributed by atoms with E-state index in [2.05, 4.69) is 61.2 Å². The normalized spacial score (nSPS) is 10.9. The average molecular weight is 351 g/mol. The molecule has 3 aromatic heterocycles. The van der Waals surface area contributed by atoms with Gasteiger partial charge >= 0.3 is 0 Å². The Kier molecular flexibility index (Phi) is 4.10. The van der Waals surface area contributed by atoms with E-state index in [1.54, 1.807) is 35.6 Å². The summed E-state index contributed by atoms with van der Waals surface area (Å²) in [5, 5.41) is 6.41. The third kappa shape index (κ3) is 2.83. The Balaban J connectivity index is 1.85. The largest absolute Gasteiger partial charge is 0.324 e. The van der Waals surface area contributed by atoms with E-state index in [4.69, 9.17) is 0 Å². The van der Waals surface area contributed by atoms with Gasteiger partial charge in [0.25, 0.3) is 0 Å². The number of fused-ring (bicyclic) bond motifs is 1. The van der Waals surface area contributed by atoms with Gasteiger partial charge < -0.3 is 5.32 Å². The van der Waals surface area contributed by atoms with Gasteiger partial charge in [-0.15, -0.1) is 23.1 Å². The number of nitrogens with zero attached hydrogens (tertiary/aromatic N) is 4. The Morgan fingerprint density at radius 1 is 1.08 bits per heavy atom. The fourth-order valence-corrected chi connectivity index (χ4v) is 3.83. The maximum Gasteiger partial charge on any atom is 0.144 e. The summed E-state index contributed by atoms with van der Waals surface area (Å²) >= 11 is 3.35. The summed E-state index contributed by atoms with van der Waals surface area (Å²) in [6.45, 7) is 0. The topological polar surface area (TPSA) is 63.6 Å². The van der Waals surface area contributed by atoms with Gasteiger partial charge in [-0.3, -0.25) is 0 Å². The first-order valence-electron chi connectivity index (χ1n) is 7.25. The first kappa shape index (κ1) is 15.0. The summed E-state index contributed by atoms with van der Waals surface area (Å²) in [6.07, 6.45) is 6.86. The molecule has 0 spiro atoms. The Morgan fingerprint density at radius 3 is 2.88 bits per heavy atom. The predicted molar refractivity (Wildman–Crippen MR) is 99.9 cm³/mol. The summed E-state index contributed by atoms with van der Waals surface area (Å²) < 4.78 is 0. The molecule has 3 heterocycles. The van der Waals surface area contributed by atoms with Crippen LogP contribution in [0, 0.1) is 0 Å². The van der Waals surface area contributed by atoms with Crippen LogP contribution < -0.4 is 5.32 Å². The van der Waals surface area contributed by atoms with E-state index >= 15 is 0 Å². The zero-order valence-electron chi connectivity index (χ0n) is 12.8. The second-order valence-corrected chi connectivity index (χ2v) is 6.74. The van der Waals surface area contributed by atoms with Crippen LogP contribution in [-0.2, 0) is 0 Å². The maximum atomic E-state index is 4.42. The van der Waals surface area contributed by atoms with Crippen LogP contribution in [0.3, 0.4) is 0 Å². The fourth-order valence-electron chi connectivity index (χ4n) is 2.46. The van der Waals surface area contributed by atoms with E-state index in [9.17, 15) is 0 Å². The van der Waals surface area contributed by atoms with Crippen molar-refractivity contribution in [2.45, 2.75) is 4.90 Å². The van der Waals surface area contributed by atoms with Crippen molar-refractivity contribution in [1.29, 1.82) is 0 Å². The molecule has 0 atom stereocenters. The van der Waals surface area contributed by atoms with Gasteiger partial charge in [-0.2, -0.15) is 0 Å². The zero-order chi connectivity index (χ0) is 16.4. The van der Waals surface area contributed by atoms with Crippen molar-refractivity contribution in [3.8, 4) is 11.1 Å². The molecule has 0 saturated carbocycles. The Morgan fingerprint density at radius 2 is 2.04 bits per heavy atom. The molecular formula is C17H13N5S2. The summed E-state index contributed by atoms with van der Waals surface area (Å²) in [4.78, 5) is 19.2. The van der Waals surface area contributed by atoms with Crippen molar-refractivity contribution in [3.05, 3.63) is 54.6 Å². The quantitative estimate of drug-likeness (QED) is 0.542. The minimum atomic E-state index is 0.708. The molecule has 0 unspecified atom stereocenters. The number of hydrogen-bond donors (Lipinski definition) is 1. The van der Waals surface area contributed by atoms with Crippen LogP contribution in [-0.4, -0.2) is 26.2 Å². The van der Waals surface area contributed by atoms with Crippen LogP contribution in [0.1, 0.15) is 0 Å². The minimum absolute atomic E-state index is 0.708. The van der Waals surface area contributed by atoms with E-state index in [1.165, 1.54) is 11.2 Å². The van der Waals surface area contributed by atoms with Crippen molar-refractivity contribution in [2.24, 2.45) is 0 Å². The molecule has 5 nitrogen and oxygen atoms in total. The molecule has 0 fully saturated rings. The van der Waals surface area contributed by atoms with Crippen molar-refractivity contribution in [1.82, 2.24) is 19.9 Å². The molecule has 0 aliphatic rings. The first-order valence-corrected chi connectivity index (χ1v) is 9.35. The summed E-state index contributed by atoms with van der Waals surface area (Å²) in [6, 6.07) is 10.3. The molecule has 1 aromatic carbocycles. The molecule has 4 aromatic rings. The molecule has 4 rings (SSSR count). The Labute approximate surface area is 147 Å². The van der Waals surface area contributed by atoms with Crippen LogP contribution in [0.4, 0.5) is 11.6 Å². The van der Waals surface area contributed by atoms with Gasteiger partial charge in [0, 0.05) is 22.0 Å². The van der Waals surface area contributed by atoms with Crippen LogP contribution in [0.5, 0.6) is 0 Å². The maximum absolute atomic E-state index is 4.42. The highest BCUT2D eigenvalue weighted by Crippen LogP contribution is 2.38. The number of nitrogens with one attached hydrogen (secondary N) is 1. The van der Waals surface area contributed by atoms with Crippen molar-refractivity contribution < 1.29 is 0 Å². The summed E-state index contributed by atoms with van der Waals surface area (Å²) in [7, 11) is 0. The number of benzene rings is 1. The van der Waals surface area contributed by atoms with Gasteiger partial charge in [0.05, 0.1) is 5.39 Å². The Hall–Kier alpha value is -2.51. The number of aromatic nitrogens is 4. The SMILES string of the molecule is CSc1cccc(-c2csc3ncnc(Nc4ccncn4)c23)c1. The van der Waals surface area contributed by atoms with Crippen LogP contribution in [0.15, 0.2) is 59.5 Å². The third-order valence-corrected chi connectivity index (χ3v) is 5.19. The highest BCUT2D eigenvalue weighted by Gasteiger charge is 2.14. The molecule has 1 N–H and O–H groups in total. The van der Waals surface area contributed by atoms with E-state index in [1.807, 2.05) is 6.07 Å². The molecule has 118 valence electrons. The van der Waals surface area contributed by atoms with Crippen LogP contribution >= 0.6 is 23.1 Å². The van der Waals surface area contributed by atoms with Crippen molar-refractivity contribution in [2.75, 3.05) is 11.6 Å². The highest BCUT2D eigenvalue weighted by molar-refractivity contribution is 7.98. The molecule has 0 bridgehead atoms. The third-order valence-electron chi connectivity index (χ3n) is 3.58. The number of thioether (sulfide) groups is 1. The second kappa shape index (κ2) is 6.54. The van der Waals surface area contributed by atoms with Gasteiger partial charge in [-0.1, -0.05) is 12.1 Å². The van der Waals surface area contributed by atoms with Crippen LogP contribution in [0.2, 0.25) is 0 Å². The molecule has 0 aliphatic heterocycles.